The Morgan fingerprint density at radius 2 is 1.72 bits per heavy atom. The van der Waals surface area contributed by atoms with Gasteiger partial charge in [-0.15, -0.1) is 0 Å². The highest BCUT2D eigenvalue weighted by Gasteiger charge is 2.25. The smallest absolute Gasteiger partial charge is 0.338 e. The quantitative estimate of drug-likeness (QED) is 0.225. The van der Waals surface area contributed by atoms with E-state index in [1.807, 2.05) is 25.7 Å². The number of carbonyl (C=O) groups excluding carboxylic acids is 2. The zero-order valence-electron chi connectivity index (χ0n) is 24.4. The topological polar surface area (TPSA) is 93.9 Å². The molecule has 0 aliphatic carbocycles. The molecule has 0 saturated carbocycles. The van der Waals surface area contributed by atoms with E-state index in [2.05, 4.69) is 19.2 Å². The van der Waals surface area contributed by atoms with Crippen LogP contribution in [0, 0.1) is 18.7 Å². The van der Waals surface area contributed by atoms with E-state index < -0.39 is 23.9 Å². The van der Waals surface area contributed by atoms with Crippen molar-refractivity contribution in [3.05, 3.63) is 64.5 Å². The van der Waals surface area contributed by atoms with Crippen LogP contribution in [-0.2, 0) is 11.2 Å². The number of hydrogen-bond acceptors (Lipinski definition) is 6. The molecule has 0 aliphatic rings. The number of nitrogens with one attached hydrogen (secondary N) is 1. The van der Waals surface area contributed by atoms with Gasteiger partial charge in [0.1, 0.15) is 6.10 Å². The van der Waals surface area contributed by atoms with Crippen LogP contribution in [0.3, 0.4) is 0 Å². The normalized spacial score (nSPS) is 12.7. The lowest BCUT2D eigenvalue weighted by atomic mass is 10.0. The van der Waals surface area contributed by atoms with E-state index in [0.29, 0.717) is 48.7 Å². The predicted molar refractivity (Wildman–Crippen MR) is 154 cm³/mol. The maximum atomic E-state index is 14.3. The van der Waals surface area contributed by atoms with Gasteiger partial charge < -0.3 is 25.4 Å². The summed E-state index contributed by atoms with van der Waals surface area (Å²) in [5, 5.41) is 3.34. The summed E-state index contributed by atoms with van der Waals surface area (Å²) in [5.41, 5.74) is 8.77. The van der Waals surface area contributed by atoms with Crippen LogP contribution >= 0.6 is 0 Å². The minimum absolute atomic E-state index is 0.0958. The van der Waals surface area contributed by atoms with Crippen molar-refractivity contribution in [1.82, 2.24) is 10.2 Å². The Morgan fingerprint density at radius 1 is 1.05 bits per heavy atom. The summed E-state index contributed by atoms with van der Waals surface area (Å²) in [6.07, 6.45) is 2.33. The number of methoxy groups -OCH3 is 1. The van der Waals surface area contributed by atoms with E-state index in [1.54, 1.807) is 30.3 Å². The number of benzene rings is 2. The summed E-state index contributed by atoms with van der Waals surface area (Å²) in [6.45, 7) is 12.6. The number of ether oxygens (including phenoxy) is 2. The lowest BCUT2D eigenvalue weighted by molar-refractivity contribution is 0.0238. The Kier molecular flexibility index (Phi) is 13.4. The zero-order chi connectivity index (χ0) is 28.9. The van der Waals surface area contributed by atoms with Crippen molar-refractivity contribution < 1.29 is 23.5 Å². The van der Waals surface area contributed by atoms with Crippen LogP contribution in [0.15, 0.2) is 36.4 Å². The largest absolute Gasteiger partial charge is 0.494 e. The van der Waals surface area contributed by atoms with Crippen molar-refractivity contribution in [2.24, 2.45) is 11.7 Å². The van der Waals surface area contributed by atoms with Crippen LogP contribution in [-0.4, -0.2) is 62.2 Å². The summed E-state index contributed by atoms with van der Waals surface area (Å²) >= 11 is 0. The summed E-state index contributed by atoms with van der Waals surface area (Å²) in [7, 11) is 1.41. The first-order valence-corrected chi connectivity index (χ1v) is 14.0. The minimum atomic E-state index is -0.661. The molecule has 2 aromatic carbocycles. The zero-order valence-corrected chi connectivity index (χ0v) is 24.4. The van der Waals surface area contributed by atoms with E-state index in [9.17, 15) is 14.0 Å². The van der Waals surface area contributed by atoms with Gasteiger partial charge in [0, 0.05) is 31.2 Å². The number of amides is 1. The van der Waals surface area contributed by atoms with Gasteiger partial charge in [0.05, 0.1) is 12.7 Å². The molecule has 8 heteroatoms. The molecule has 7 nitrogen and oxygen atoms in total. The molecular weight excluding hydrogens is 497 g/mol. The molecule has 0 heterocycles. The number of carbonyl (C=O) groups is 2. The molecule has 0 aliphatic heterocycles. The number of aryl methyl sites for hydroxylation is 1. The molecular formula is C31H46FN3O4. The fourth-order valence-electron chi connectivity index (χ4n) is 4.42. The van der Waals surface area contributed by atoms with Gasteiger partial charge in [-0.25, -0.2) is 9.18 Å². The van der Waals surface area contributed by atoms with E-state index in [0.717, 1.165) is 31.4 Å². The lowest BCUT2D eigenvalue weighted by Gasteiger charge is -2.25. The molecule has 0 aromatic heterocycles. The Hall–Kier alpha value is -2.97. The first kappa shape index (κ1) is 32.2. The minimum Gasteiger partial charge on any atom is -0.494 e. The average Bonchev–Trinajstić information content (AvgIpc) is 2.89. The molecule has 0 saturated heterocycles. The molecule has 2 atom stereocenters. The third kappa shape index (κ3) is 10.3. The number of nitrogens with two attached hydrogens (primary N) is 1. The Balaban J connectivity index is 2.24. The first-order chi connectivity index (χ1) is 18.6. The average molecular weight is 544 g/mol. The van der Waals surface area contributed by atoms with E-state index in [-0.39, 0.29) is 11.7 Å². The summed E-state index contributed by atoms with van der Waals surface area (Å²) < 4.78 is 25.2. The number of rotatable bonds is 16. The van der Waals surface area contributed by atoms with Crippen molar-refractivity contribution in [3.63, 3.8) is 0 Å². The van der Waals surface area contributed by atoms with Crippen molar-refractivity contribution >= 4 is 11.9 Å². The first-order valence-electron chi connectivity index (χ1n) is 14.0. The molecule has 39 heavy (non-hydrogen) atoms. The molecule has 0 unspecified atom stereocenters. The van der Waals surface area contributed by atoms with Gasteiger partial charge in [-0.1, -0.05) is 33.8 Å². The highest BCUT2D eigenvalue weighted by Crippen LogP contribution is 2.20. The second-order valence-electron chi connectivity index (χ2n) is 10.5. The number of halogens is 1. The predicted octanol–water partition coefficient (Wildman–Crippen LogP) is 5.14. The molecule has 0 spiro atoms. The third-order valence-corrected chi connectivity index (χ3v) is 6.50. The third-order valence-electron chi connectivity index (χ3n) is 6.50. The van der Waals surface area contributed by atoms with Crippen LogP contribution < -0.4 is 15.8 Å². The van der Waals surface area contributed by atoms with Gasteiger partial charge in [0.2, 0.25) is 0 Å². The summed E-state index contributed by atoms with van der Waals surface area (Å²) in [5.74, 6) is -0.425. The number of nitrogens with zero attached hydrogens (tertiary/aromatic N) is 1. The maximum absolute atomic E-state index is 14.3. The lowest BCUT2D eigenvalue weighted by Crippen LogP contribution is -2.46. The van der Waals surface area contributed by atoms with Gasteiger partial charge >= 0.3 is 5.97 Å². The number of hydrogen-bond donors (Lipinski definition) is 2. The van der Waals surface area contributed by atoms with Crippen LogP contribution in [0.4, 0.5) is 4.39 Å². The molecule has 1 amide bonds. The van der Waals surface area contributed by atoms with E-state index >= 15 is 0 Å². The van der Waals surface area contributed by atoms with Gasteiger partial charge in [-0.05, 0) is 86.5 Å². The molecule has 0 radical (unpaired) electrons. The van der Waals surface area contributed by atoms with Crippen LogP contribution in [0.1, 0.15) is 78.8 Å². The second kappa shape index (κ2) is 16.2. The van der Waals surface area contributed by atoms with E-state index in [1.165, 1.54) is 13.2 Å². The second-order valence-corrected chi connectivity index (χ2v) is 10.5. The van der Waals surface area contributed by atoms with Crippen LogP contribution in [0.25, 0.3) is 0 Å². The summed E-state index contributed by atoms with van der Waals surface area (Å²) in [4.78, 5) is 28.3. The van der Waals surface area contributed by atoms with Gasteiger partial charge in [-0.3, -0.25) is 4.79 Å². The van der Waals surface area contributed by atoms with Crippen molar-refractivity contribution in [3.8, 4) is 5.75 Å². The fourth-order valence-corrected chi connectivity index (χ4v) is 4.42. The maximum Gasteiger partial charge on any atom is 0.338 e. The SMILES string of the molecule is CCCN(CCC)C(=O)c1cc(C)cc(C(=O)O[C@H](CNCCC(C)C)[C@@H](N)Cc2ccc(OC)c(F)c2)c1. The van der Waals surface area contributed by atoms with Crippen molar-refractivity contribution in [2.45, 2.75) is 72.4 Å². The standard InChI is InChI=1S/C31H46FN3O4/c1-7-13-35(14-8-2)30(36)24-15-22(5)16-25(19-24)31(37)39-29(20-34-12-11-21(3)4)27(33)18-23-9-10-28(38-6)26(32)17-23/h9-10,15-17,19,21,27,29,34H,7-8,11-14,18,20,33H2,1-6H3/t27-,29+/m0/s1. The fraction of sp³-hybridized carbons (Fsp3) is 0.548. The van der Waals surface area contributed by atoms with Crippen molar-refractivity contribution in [2.75, 3.05) is 33.3 Å². The molecule has 216 valence electrons. The molecule has 2 aromatic rings. The van der Waals surface area contributed by atoms with Gasteiger partial charge in [0.15, 0.2) is 11.6 Å². The molecule has 3 N–H and O–H groups in total. The Bertz CT molecular complexity index is 1070. The molecule has 2 rings (SSSR count). The monoisotopic (exact) mass is 543 g/mol. The van der Waals surface area contributed by atoms with E-state index in [4.69, 9.17) is 15.2 Å². The highest BCUT2D eigenvalue weighted by atomic mass is 19.1. The molecule has 0 bridgehead atoms. The Labute approximate surface area is 233 Å². The van der Waals surface area contributed by atoms with Gasteiger partial charge in [-0.2, -0.15) is 0 Å². The van der Waals surface area contributed by atoms with Gasteiger partial charge in [0.25, 0.3) is 5.91 Å². The summed E-state index contributed by atoms with van der Waals surface area (Å²) in [6, 6.07) is 9.24. The van der Waals surface area contributed by atoms with Crippen LogP contribution in [0.2, 0.25) is 0 Å². The van der Waals surface area contributed by atoms with Crippen LogP contribution in [0.5, 0.6) is 5.75 Å². The number of esters is 1. The highest BCUT2D eigenvalue weighted by molar-refractivity contribution is 5.98. The molecule has 0 fully saturated rings. The Morgan fingerprint density at radius 3 is 2.31 bits per heavy atom. The van der Waals surface area contributed by atoms with Crippen molar-refractivity contribution in [1.29, 1.82) is 0 Å².